The van der Waals surface area contributed by atoms with E-state index in [0.29, 0.717) is 0 Å². The molecule has 256 valence electrons. The maximum atomic E-state index is 2.42. The summed E-state index contributed by atoms with van der Waals surface area (Å²) in [4.78, 5) is 0. The molecule has 1 aromatic heterocycles. The van der Waals surface area contributed by atoms with Crippen LogP contribution in [0.25, 0.3) is 108 Å². The lowest BCUT2D eigenvalue weighted by molar-refractivity contribution is 1.61. The van der Waals surface area contributed by atoms with Crippen LogP contribution >= 0.6 is 11.3 Å². The quantitative estimate of drug-likeness (QED) is 0.156. The van der Waals surface area contributed by atoms with E-state index in [-0.39, 0.29) is 0 Å². The van der Waals surface area contributed by atoms with Gasteiger partial charge in [0.1, 0.15) is 0 Å². The highest BCUT2D eigenvalue weighted by Crippen LogP contribution is 2.45. The average Bonchev–Trinajstić information content (AvgIpc) is 3.63. The highest BCUT2D eigenvalue weighted by Gasteiger charge is 2.18. The number of hydrogen-bond donors (Lipinski definition) is 0. The first kappa shape index (κ1) is 31.7. The molecule has 0 aliphatic heterocycles. The van der Waals surface area contributed by atoms with Crippen LogP contribution in [0, 0.1) is 0 Å². The first-order valence-corrected chi connectivity index (χ1v) is 19.7. The third kappa shape index (κ3) is 5.44. The van der Waals surface area contributed by atoms with Gasteiger partial charge in [-0.2, -0.15) is 0 Å². The normalized spacial score (nSPS) is 11.6. The van der Waals surface area contributed by atoms with Gasteiger partial charge < -0.3 is 0 Å². The molecule has 0 nitrogen and oxygen atoms in total. The van der Waals surface area contributed by atoms with Crippen LogP contribution in [0.2, 0.25) is 0 Å². The highest BCUT2D eigenvalue weighted by atomic mass is 32.1. The molecule has 10 aromatic carbocycles. The lowest BCUT2D eigenvalue weighted by atomic mass is 9.85. The maximum Gasteiger partial charge on any atom is 0.0355 e. The van der Waals surface area contributed by atoms with Crippen molar-refractivity contribution in [2.75, 3.05) is 0 Å². The fourth-order valence-electron chi connectivity index (χ4n) is 8.57. The minimum absolute atomic E-state index is 1.21. The van der Waals surface area contributed by atoms with Crippen molar-refractivity contribution in [3.05, 3.63) is 206 Å². The van der Waals surface area contributed by atoms with Crippen LogP contribution < -0.4 is 0 Å². The molecule has 0 fully saturated rings. The zero-order valence-electron chi connectivity index (χ0n) is 30.0. The predicted octanol–water partition coefficient (Wildman–Crippen LogP) is 15.8. The van der Waals surface area contributed by atoms with E-state index in [1.807, 2.05) is 11.3 Å². The van der Waals surface area contributed by atoms with Crippen LogP contribution in [0.4, 0.5) is 0 Å². The number of fused-ring (bicyclic) bond motifs is 6. The van der Waals surface area contributed by atoms with Gasteiger partial charge in [-0.1, -0.05) is 164 Å². The van der Waals surface area contributed by atoms with Crippen LogP contribution in [0.15, 0.2) is 206 Å². The smallest absolute Gasteiger partial charge is 0.0355 e. The molecule has 0 amide bonds. The second-order valence-electron chi connectivity index (χ2n) is 14.5. The highest BCUT2D eigenvalue weighted by molar-refractivity contribution is 7.25. The molecule has 0 atom stereocenters. The summed E-state index contributed by atoms with van der Waals surface area (Å²) < 4.78 is 2.63. The molecule has 0 aliphatic carbocycles. The zero-order chi connectivity index (χ0) is 36.3. The Balaban J connectivity index is 1.05. The summed E-state index contributed by atoms with van der Waals surface area (Å²) in [6.45, 7) is 0. The molecule has 0 saturated heterocycles. The number of thiophene rings is 1. The Kier molecular flexibility index (Phi) is 7.46. The van der Waals surface area contributed by atoms with E-state index in [4.69, 9.17) is 0 Å². The van der Waals surface area contributed by atoms with Gasteiger partial charge >= 0.3 is 0 Å². The zero-order valence-corrected chi connectivity index (χ0v) is 30.9. The average molecular weight is 715 g/mol. The van der Waals surface area contributed by atoms with Crippen molar-refractivity contribution in [1.29, 1.82) is 0 Å². The molecular weight excluding hydrogens is 681 g/mol. The third-order valence-electron chi connectivity index (χ3n) is 11.2. The summed E-state index contributed by atoms with van der Waals surface area (Å²) in [7, 11) is 0. The van der Waals surface area contributed by atoms with Crippen molar-refractivity contribution in [1.82, 2.24) is 0 Å². The largest absolute Gasteiger partial charge is 0.135 e. The van der Waals surface area contributed by atoms with Gasteiger partial charge in [0.15, 0.2) is 0 Å². The van der Waals surface area contributed by atoms with Crippen LogP contribution in [0.1, 0.15) is 0 Å². The Morgan fingerprint density at radius 2 is 0.636 bits per heavy atom. The third-order valence-corrected chi connectivity index (χ3v) is 12.4. The van der Waals surface area contributed by atoms with E-state index in [1.54, 1.807) is 0 Å². The predicted molar refractivity (Wildman–Crippen MR) is 239 cm³/mol. The molecule has 1 heterocycles. The molecule has 0 unspecified atom stereocenters. The molecule has 11 rings (SSSR count). The van der Waals surface area contributed by atoms with Crippen LogP contribution in [-0.4, -0.2) is 0 Å². The van der Waals surface area contributed by atoms with Crippen molar-refractivity contribution in [2.45, 2.75) is 0 Å². The molecule has 0 bridgehead atoms. The Bertz CT molecular complexity index is 3240. The Labute approximate surface area is 324 Å². The minimum atomic E-state index is 1.21. The first-order chi connectivity index (χ1) is 27.2. The summed E-state index contributed by atoms with van der Waals surface area (Å²) in [5, 5.41) is 10.2. The van der Waals surface area contributed by atoms with E-state index in [9.17, 15) is 0 Å². The second kappa shape index (κ2) is 13.0. The molecule has 1 heteroatoms. The van der Waals surface area contributed by atoms with Gasteiger partial charge in [0.25, 0.3) is 0 Å². The lowest BCUT2D eigenvalue weighted by Crippen LogP contribution is -1.91. The van der Waals surface area contributed by atoms with Crippen LogP contribution in [0.5, 0.6) is 0 Å². The molecular formula is C54H34S. The number of rotatable bonds is 5. The van der Waals surface area contributed by atoms with E-state index in [1.165, 1.54) is 108 Å². The monoisotopic (exact) mass is 714 g/mol. The van der Waals surface area contributed by atoms with Crippen LogP contribution in [-0.2, 0) is 0 Å². The molecule has 0 radical (unpaired) electrons. The van der Waals surface area contributed by atoms with Crippen molar-refractivity contribution in [2.24, 2.45) is 0 Å². The van der Waals surface area contributed by atoms with Gasteiger partial charge in [-0.05, 0) is 130 Å². The standard InChI is InChI=1S/C54H34S/c1-3-13-36(14-4-1)53-45-20-9-10-21-46(45)54(37-15-5-2-6-16-37)50-34-42(24-27-47(50)53)39-18-11-19-40(31-39)43-25-28-51-48(32-43)49-33-44(26-29-52(49)55-51)41-23-22-35-12-7-8-17-38(35)30-41/h1-34H. The topological polar surface area (TPSA) is 0 Å². The summed E-state index contributed by atoms with van der Waals surface area (Å²) in [6, 6.07) is 76.0. The van der Waals surface area contributed by atoms with Crippen molar-refractivity contribution < 1.29 is 0 Å². The van der Waals surface area contributed by atoms with Gasteiger partial charge in [0, 0.05) is 20.2 Å². The van der Waals surface area contributed by atoms with E-state index in [2.05, 4.69) is 206 Å². The van der Waals surface area contributed by atoms with Gasteiger partial charge in [0.05, 0.1) is 0 Å². The molecule has 0 saturated carbocycles. The van der Waals surface area contributed by atoms with Gasteiger partial charge in [-0.15, -0.1) is 11.3 Å². The number of benzene rings is 10. The Morgan fingerprint density at radius 3 is 1.25 bits per heavy atom. The van der Waals surface area contributed by atoms with E-state index < -0.39 is 0 Å². The summed E-state index contributed by atoms with van der Waals surface area (Å²) >= 11 is 1.87. The summed E-state index contributed by atoms with van der Waals surface area (Å²) in [5.41, 5.74) is 12.4. The molecule has 55 heavy (non-hydrogen) atoms. The second-order valence-corrected chi connectivity index (χ2v) is 15.5. The summed E-state index contributed by atoms with van der Waals surface area (Å²) in [5.74, 6) is 0. The van der Waals surface area contributed by atoms with Crippen molar-refractivity contribution >= 4 is 63.8 Å². The van der Waals surface area contributed by atoms with E-state index >= 15 is 0 Å². The Morgan fingerprint density at radius 1 is 0.218 bits per heavy atom. The molecule has 0 N–H and O–H groups in total. The van der Waals surface area contributed by atoms with Gasteiger partial charge in [0.2, 0.25) is 0 Å². The van der Waals surface area contributed by atoms with Crippen molar-refractivity contribution in [3.8, 4) is 55.6 Å². The minimum Gasteiger partial charge on any atom is -0.135 e. The Hall–Kier alpha value is -6.80. The summed E-state index contributed by atoms with van der Waals surface area (Å²) in [6.07, 6.45) is 0. The molecule has 0 spiro atoms. The first-order valence-electron chi connectivity index (χ1n) is 18.9. The van der Waals surface area contributed by atoms with Crippen molar-refractivity contribution in [3.63, 3.8) is 0 Å². The van der Waals surface area contributed by atoms with Gasteiger partial charge in [-0.25, -0.2) is 0 Å². The SMILES string of the molecule is c1ccc(-c2c3ccccc3c(-c3ccccc3)c3cc(-c4cccc(-c5ccc6sc7ccc(-c8ccc9ccccc9c8)cc7c6c5)c4)ccc23)cc1. The lowest BCUT2D eigenvalue weighted by Gasteiger charge is -2.19. The van der Waals surface area contributed by atoms with Crippen LogP contribution in [0.3, 0.4) is 0 Å². The maximum absolute atomic E-state index is 2.42. The van der Waals surface area contributed by atoms with Gasteiger partial charge in [-0.3, -0.25) is 0 Å². The number of hydrogen-bond acceptors (Lipinski definition) is 1. The molecule has 0 aliphatic rings. The fraction of sp³-hybridized carbons (Fsp3) is 0. The molecule has 11 aromatic rings. The fourth-order valence-corrected chi connectivity index (χ4v) is 9.64. The van der Waals surface area contributed by atoms with E-state index in [0.717, 1.165) is 0 Å².